The summed E-state index contributed by atoms with van der Waals surface area (Å²) < 4.78 is 0. The molecule has 0 aromatic heterocycles. The van der Waals surface area contributed by atoms with E-state index in [9.17, 15) is 15.2 Å². The fourth-order valence-electron chi connectivity index (χ4n) is 2.69. The normalized spacial score (nSPS) is 33.4. The van der Waals surface area contributed by atoms with Gasteiger partial charge in [0, 0.05) is 11.3 Å². The van der Waals surface area contributed by atoms with Gasteiger partial charge < -0.3 is 5.11 Å². The van der Waals surface area contributed by atoms with E-state index >= 15 is 0 Å². The number of rotatable bonds is 1. The lowest BCUT2D eigenvalue weighted by molar-refractivity contribution is -0.546. The highest BCUT2D eigenvalue weighted by atomic mass is 16.6. The smallest absolute Gasteiger partial charge is 0.241 e. The van der Waals surface area contributed by atoms with Gasteiger partial charge in [-0.2, -0.15) is 0 Å². The van der Waals surface area contributed by atoms with Crippen LogP contribution in [-0.4, -0.2) is 21.7 Å². The van der Waals surface area contributed by atoms with Crippen molar-refractivity contribution in [3.05, 3.63) is 10.1 Å². The molecule has 1 aliphatic rings. The summed E-state index contributed by atoms with van der Waals surface area (Å²) in [5.41, 5.74) is -1.14. The van der Waals surface area contributed by atoms with E-state index < -0.39 is 11.6 Å². The van der Waals surface area contributed by atoms with E-state index in [-0.39, 0.29) is 4.92 Å². The van der Waals surface area contributed by atoms with Crippen molar-refractivity contribution in [3.8, 4) is 0 Å². The predicted octanol–water partition coefficient (Wildman–Crippen LogP) is 3.30. The summed E-state index contributed by atoms with van der Waals surface area (Å²) in [7, 11) is 0. The second-order valence-corrected chi connectivity index (χ2v) is 5.53. The van der Waals surface area contributed by atoms with Crippen LogP contribution in [0.1, 0.15) is 71.1 Å². The number of aliphatic hydroxyl groups is 1. The Morgan fingerprint density at radius 1 is 1.06 bits per heavy atom. The van der Waals surface area contributed by atoms with E-state index in [2.05, 4.69) is 0 Å². The highest BCUT2D eigenvalue weighted by molar-refractivity contribution is 4.82. The molecule has 0 bridgehead atoms. The van der Waals surface area contributed by atoms with Crippen molar-refractivity contribution in [3.63, 3.8) is 0 Å². The van der Waals surface area contributed by atoms with Gasteiger partial charge in [-0.1, -0.05) is 44.9 Å². The molecular formula is C13H25NO3. The van der Waals surface area contributed by atoms with Crippen molar-refractivity contribution in [2.45, 2.75) is 82.8 Å². The Balaban J connectivity index is 2.59. The van der Waals surface area contributed by atoms with Gasteiger partial charge in [0.05, 0.1) is 0 Å². The van der Waals surface area contributed by atoms with Crippen molar-refractivity contribution in [2.24, 2.45) is 0 Å². The average molecular weight is 243 g/mol. The third-order valence-corrected chi connectivity index (χ3v) is 3.88. The molecule has 1 rings (SSSR count). The van der Waals surface area contributed by atoms with Gasteiger partial charge in [0.15, 0.2) is 0 Å². The van der Waals surface area contributed by atoms with E-state index in [4.69, 9.17) is 0 Å². The zero-order valence-corrected chi connectivity index (χ0v) is 10.9. The first-order valence-corrected chi connectivity index (χ1v) is 6.90. The van der Waals surface area contributed by atoms with Gasteiger partial charge in [-0.15, -0.1) is 0 Å². The van der Waals surface area contributed by atoms with Crippen LogP contribution in [0, 0.1) is 10.1 Å². The molecular weight excluding hydrogens is 218 g/mol. The highest BCUT2D eigenvalue weighted by Crippen LogP contribution is 2.26. The maximum absolute atomic E-state index is 11.0. The molecule has 1 N–H and O–H groups in total. The zero-order valence-electron chi connectivity index (χ0n) is 10.9. The molecule has 0 aromatic rings. The molecule has 2 atom stereocenters. The standard InChI is InChI=1S/C13H25NO3/c1-13(15)11-9-7-5-3-2-4-6-8-10-12(13)14(16)17/h12,15H,2-11H2,1H3/t12-,13-/m1/s1. The first-order chi connectivity index (χ1) is 8.04. The summed E-state index contributed by atoms with van der Waals surface area (Å²) in [6.07, 6.45) is 9.85. The molecule has 4 nitrogen and oxygen atoms in total. The van der Waals surface area contributed by atoms with Gasteiger partial charge in [-0.3, -0.25) is 10.1 Å². The highest BCUT2D eigenvalue weighted by Gasteiger charge is 2.40. The Hall–Kier alpha value is -0.640. The second kappa shape index (κ2) is 6.94. The minimum Gasteiger partial charge on any atom is -0.383 e. The van der Waals surface area contributed by atoms with E-state index in [0.29, 0.717) is 12.8 Å². The van der Waals surface area contributed by atoms with Crippen molar-refractivity contribution >= 4 is 0 Å². The van der Waals surface area contributed by atoms with Crippen LogP contribution in [0.5, 0.6) is 0 Å². The van der Waals surface area contributed by atoms with Crippen LogP contribution in [-0.2, 0) is 0 Å². The lowest BCUT2D eigenvalue weighted by Crippen LogP contribution is -2.44. The first-order valence-electron chi connectivity index (χ1n) is 6.90. The number of hydrogen-bond donors (Lipinski definition) is 1. The van der Waals surface area contributed by atoms with Gasteiger partial charge in [-0.05, 0) is 19.8 Å². The molecule has 0 amide bonds. The maximum Gasteiger partial charge on any atom is 0.241 e. The Bertz CT molecular complexity index is 241. The lowest BCUT2D eigenvalue weighted by Gasteiger charge is -2.27. The third-order valence-electron chi connectivity index (χ3n) is 3.88. The fourth-order valence-corrected chi connectivity index (χ4v) is 2.69. The monoisotopic (exact) mass is 243 g/mol. The SMILES string of the molecule is C[C@@]1(O)CCCCCCCCCC[C@H]1[N+](=O)[O-]. The molecule has 1 saturated carbocycles. The maximum atomic E-state index is 11.0. The van der Waals surface area contributed by atoms with Gasteiger partial charge in [-0.25, -0.2) is 0 Å². The molecule has 1 fully saturated rings. The molecule has 0 heterocycles. The molecule has 17 heavy (non-hydrogen) atoms. The number of nitro groups is 1. The topological polar surface area (TPSA) is 63.4 Å². The molecule has 0 unspecified atom stereocenters. The lowest BCUT2D eigenvalue weighted by atomic mass is 9.86. The molecule has 0 radical (unpaired) electrons. The second-order valence-electron chi connectivity index (χ2n) is 5.53. The van der Waals surface area contributed by atoms with E-state index in [0.717, 1.165) is 25.7 Å². The van der Waals surface area contributed by atoms with Gasteiger partial charge in [0.2, 0.25) is 6.04 Å². The van der Waals surface area contributed by atoms with E-state index in [1.807, 2.05) is 0 Å². The van der Waals surface area contributed by atoms with Gasteiger partial charge in [0.1, 0.15) is 5.60 Å². The molecule has 100 valence electrons. The van der Waals surface area contributed by atoms with Crippen LogP contribution in [0.15, 0.2) is 0 Å². The summed E-state index contributed by atoms with van der Waals surface area (Å²) in [6.45, 7) is 1.63. The van der Waals surface area contributed by atoms with E-state index in [1.54, 1.807) is 6.92 Å². The summed E-state index contributed by atoms with van der Waals surface area (Å²) in [5.74, 6) is 0. The summed E-state index contributed by atoms with van der Waals surface area (Å²) >= 11 is 0. The first kappa shape index (κ1) is 14.4. The summed E-state index contributed by atoms with van der Waals surface area (Å²) in [4.78, 5) is 10.7. The minimum atomic E-state index is -1.14. The number of hydrogen-bond acceptors (Lipinski definition) is 3. The fraction of sp³-hybridized carbons (Fsp3) is 1.00. The van der Waals surface area contributed by atoms with Crippen LogP contribution in [0.4, 0.5) is 0 Å². The molecule has 0 aromatic carbocycles. The molecule has 1 aliphatic carbocycles. The summed E-state index contributed by atoms with van der Waals surface area (Å²) in [6, 6.07) is -0.790. The minimum absolute atomic E-state index is 0.286. The Morgan fingerprint density at radius 3 is 2.06 bits per heavy atom. The Morgan fingerprint density at radius 2 is 1.53 bits per heavy atom. The van der Waals surface area contributed by atoms with Crippen LogP contribution < -0.4 is 0 Å². The van der Waals surface area contributed by atoms with Gasteiger partial charge in [0.25, 0.3) is 0 Å². The van der Waals surface area contributed by atoms with Gasteiger partial charge >= 0.3 is 0 Å². The molecule has 4 heteroatoms. The van der Waals surface area contributed by atoms with Crippen molar-refractivity contribution < 1.29 is 10.0 Å². The van der Waals surface area contributed by atoms with E-state index in [1.165, 1.54) is 25.7 Å². The largest absolute Gasteiger partial charge is 0.383 e. The molecule has 0 aliphatic heterocycles. The number of nitrogens with zero attached hydrogens (tertiary/aromatic N) is 1. The van der Waals surface area contributed by atoms with Crippen LogP contribution in [0.25, 0.3) is 0 Å². The Kier molecular flexibility index (Phi) is 5.89. The summed E-state index contributed by atoms with van der Waals surface area (Å²) in [5, 5.41) is 21.3. The predicted molar refractivity (Wildman–Crippen MR) is 67.6 cm³/mol. The van der Waals surface area contributed by atoms with Crippen LogP contribution >= 0.6 is 0 Å². The van der Waals surface area contributed by atoms with Crippen molar-refractivity contribution in [1.82, 2.24) is 0 Å². The Labute approximate surface area is 104 Å². The average Bonchev–Trinajstić information content (AvgIpc) is 2.22. The third kappa shape index (κ3) is 5.02. The molecule has 0 spiro atoms. The van der Waals surface area contributed by atoms with Crippen molar-refractivity contribution in [2.75, 3.05) is 0 Å². The quantitative estimate of drug-likeness (QED) is 0.567. The van der Waals surface area contributed by atoms with Crippen LogP contribution in [0.2, 0.25) is 0 Å². The molecule has 0 saturated heterocycles. The van der Waals surface area contributed by atoms with Crippen LogP contribution in [0.3, 0.4) is 0 Å². The zero-order chi connectivity index (χ0) is 12.7. The van der Waals surface area contributed by atoms with Crippen molar-refractivity contribution in [1.29, 1.82) is 0 Å².